The molecular weight excluding hydrogens is 854 g/mol. The molecule has 0 saturated carbocycles. The van der Waals surface area contributed by atoms with Crippen molar-refractivity contribution in [1.82, 2.24) is 61.5 Å². The van der Waals surface area contributed by atoms with Gasteiger partial charge in [-0.05, 0) is 66.3 Å². The van der Waals surface area contributed by atoms with Gasteiger partial charge in [-0.3, -0.25) is 53.1 Å². The maximum atomic E-state index is 12.5. The van der Waals surface area contributed by atoms with E-state index in [4.69, 9.17) is 16.3 Å². The summed E-state index contributed by atoms with van der Waals surface area (Å²) in [6.07, 6.45) is -4.33. The smallest absolute Gasteiger partial charge is 0.328 e. The van der Waals surface area contributed by atoms with Crippen molar-refractivity contribution in [2.45, 2.75) is 98.0 Å². The Morgan fingerprint density at radius 2 is 0.846 bits per heavy atom. The second kappa shape index (κ2) is 26.4. The van der Waals surface area contributed by atoms with Crippen molar-refractivity contribution >= 4 is 59.1 Å². The van der Waals surface area contributed by atoms with Gasteiger partial charge >= 0.3 is 46.6 Å². The van der Waals surface area contributed by atoms with E-state index in [1.807, 2.05) is 0 Å². The van der Waals surface area contributed by atoms with Gasteiger partial charge in [-0.2, -0.15) is 0 Å². The third kappa shape index (κ3) is 14.2. The molecule has 0 fully saturated rings. The predicted molar refractivity (Wildman–Crippen MR) is 249 cm³/mol. The zero-order valence-corrected chi connectivity index (χ0v) is 40.6. The predicted octanol–water partition coefficient (Wildman–Crippen LogP) is -4.79. The van der Waals surface area contributed by atoms with E-state index >= 15 is 0 Å². The molecule has 0 aliphatic heterocycles. The summed E-state index contributed by atoms with van der Waals surface area (Å²) in [4.78, 5) is 119. The second-order valence-electron chi connectivity index (χ2n) is 14.1. The van der Waals surface area contributed by atoms with Gasteiger partial charge in [0.25, 0.3) is 16.7 Å². The minimum Gasteiger partial charge on any atom is -0.328 e. The number of hydrogen-bond donors (Lipinski definition) is 2. The summed E-state index contributed by atoms with van der Waals surface area (Å²) >= 11 is 0. The zero-order chi connectivity index (χ0) is 58.9. The zero-order valence-electron chi connectivity index (χ0n) is 50.6. The standard InChI is InChI=1S/3C13H18N4O3.CH6N2.BH4.Na/c3*1-9(18)6-4-5-7-17-12(19)10-11(14-8-15(10)2)16(3)13(17)20;1-3-2;;/h3*8H,4-7H2,1-3H3;3H,2H2,1H3;1H4;/q;;;;-1;+1/i2*6D2,8D;6D2;;1D4;. The van der Waals surface area contributed by atoms with Gasteiger partial charge in [0.15, 0.2) is 33.5 Å². The van der Waals surface area contributed by atoms with E-state index in [0.29, 0.717) is 11.2 Å². The first-order valence-corrected chi connectivity index (χ1v) is 19.5. The Morgan fingerprint density at radius 1 is 0.585 bits per heavy atom. The molecule has 0 saturated heterocycles. The monoisotopic (exact) mass is 931 g/mol. The quantitative estimate of drug-likeness (QED) is 0.0556. The van der Waals surface area contributed by atoms with Crippen LogP contribution in [0.15, 0.2) is 47.7 Å². The molecule has 0 bridgehead atoms. The number of nitrogens with one attached hydrogen (secondary N) is 1. The third-order valence-electron chi connectivity index (χ3n) is 9.27. The Balaban J connectivity index is 0.000000535. The van der Waals surface area contributed by atoms with E-state index in [1.54, 1.807) is 18.7 Å². The average Bonchev–Trinajstić information content (AvgIpc) is 3.95. The van der Waals surface area contributed by atoms with Crippen molar-refractivity contribution < 1.29 is 54.9 Å². The van der Waals surface area contributed by atoms with Gasteiger partial charge in [-0.1, -0.05) is 8.27 Å². The maximum Gasteiger partial charge on any atom is 1.00 e. The van der Waals surface area contributed by atoms with Crippen LogP contribution >= 0.6 is 0 Å². The van der Waals surface area contributed by atoms with Gasteiger partial charge in [0.1, 0.15) is 20.1 Å². The molecule has 23 nitrogen and oxygen atoms in total. The molecular formula is C40H64BN14NaO9. The van der Waals surface area contributed by atoms with Gasteiger partial charge in [0.2, 0.25) is 0 Å². The van der Waals surface area contributed by atoms with Crippen molar-refractivity contribution in [2.75, 3.05) is 7.05 Å². The Morgan fingerprint density at radius 3 is 1.12 bits per heavy atom. The van der Waals surface area contributed by atoms with Crippen molar-refractivity contribution in [3.63, 3.8) is 0 Å². The van der Waals surface area contributed by atoms with Crippen molar-refractivity contribution in [3.05, 3.63) is 81.4 Å². The Kier molecular flexibility index (Phi) is 16.2. The Labute approximate surface area is 414 Å². The number of nitrogens with zero attached hydrogens (tertiary/aromatic N) is 12. The SMILES string of the molecule is CNN.[2H]C([2H])(CCCn1c(=O)c2c(ncn2C)n(C)c1=O)C(C)=O.[2H][B-]([2H])([2H])[2H].[2H]c1nc2c(c(=O)n(CCCC([2H])([2H])C(C)=O)c(=O)n2C)n1C.[2H]c1nc2c(c(=O)n(CCCC([2H])([2H])C(C)=O)c(=O)n2C)n1C.[Na+]. The van der Waals surface area contributed by atoms with E-state index in [-0.39, 0.29) is 123 Å². The van der Waals surface area contributed by atoms with Crippen LogP contribution in [0.3, 0.4) is 0 Å². The number of hydrogen-bond acceptors (Lipinski definition) is 14. The average molecular weight is 931 g/mol. The first kappa shape index (κ1) is 39.8. The van der Waals surface area contributed by atoms with Gasteiger partial charge in [0.05, 0.1) is 18.9 Å². The van der Waals surface area contributed by atoms with Crippen LogP contribution in [0, 0.1) is 0 Å². The molecule has 0 radical (unpaired) electrons. The van der Waals surface area contributed by atoms with Crippen LogP contribution in [-0.4, -0.2) is 94.1 Å². The maximum absolute atomic E-state index is 12.5. The fourth-order valence-electron chi connectivity index (χ4n) is 6.16. The van der Waals surface area contributed by atoms with Gasteiger partial charge < -0.3 is 28.1 Å². The molecule has 6 rings (SSSR count). The van der Waals surface area contributed by atoms with E-state index in [9.17, 15) is 43.2 Å². The minimum atomic E-state index is -3.00. The van der Waals surface area contributed by atoms with Crippen molar-refractivity contribution in [1.29, 1.82) is 5.34 Å². The fourth-order valence-corrected chi connectivity index (χ4v) is 6.16. The molecule has 65 heavy (non-hydrogen) atoms. The van der Waals surface area contributed by atoms with E-state index in [2.05, 4.69) is 26.2 Å². The largest absolute Gasteiger partial charge is 1.00 e. The Bertz CT molecular complexity index is 3330. The van der Waals surface area contributed by atoms with Crippen LogP contribution in [0.2, 0.25) is 0 Å². The summed E-state index contributed by atoms with van der Waals surface area (Å²) in [7, 11) is 7.80. The molecule has 6 aromatic rings. The van der Waals surface area contributed by atoms with E-state index in [1.165, 1.54) is 85.2 Å². The van der Waals surface area contributed by atoms with Crippen LogP contribution in [0.25, 0.3) is 33.5 Å². The number of fused-ring (bicyclic) bond motifs is 3. The topological polar surface area (TPSA) is 275 Å². The summed E-state index contributed by atoms with van der Waals surface area (Å²) in [6, 6.07) is 0. The number of ketones is 3. The first-order chi connectivity index (χ1) is 34.7. The Hall–Kier alpha value is -5.56. The second-order valence-corrected chi connectivity index (χ2v) is 14.1. The summed E-state index contributed by atoms with van der Waals surface area (Å²) in [6.45, 7) is 3.57. The number of aromatic nitrogens is 12. The number of aryl methyl sites for hydroxylation is 6. The third-order valence-corrected chi connectivity index (χ3v) is 9.27. The number of nitrogens with two attached hydrogens (primary N) is 1. The fraction of sp³-hybridized carbons (Fsp3) is 0.550. The van der Waals surface area contributed by atoms with E-state index < -0.39 is 78.5 Å². The first-order valence-electron chi connectivity index (χ1n) is 25.8. The number of Topliss-reactive ketones (excluding diaryl/α,β-unsaturated/α-hetero) is 3. The normalized spacial score (nSPS) is 14.0. The molecule has 6 heterocycles. The van der Waals surface area contributed by atoms with Crippen LogP contribution in [0.1, 0.15) is 89.4 Å². The molecule has 3 N–H and O–H groups in total. The van der Waals surface area contributed by atoms with Crippen LogP contribution in [-0.2, 0) is 76.3 Å². The molecule has 0 amide bonds. The molecule has 6 aromatic heterocycles. The number of hydrazine groups is 1. The van der Waals surface area contributed by atoms with Gasteiger partial charge in [0, 0.05) is 89.3 Å². The summed E-state index contributed by atoms with van der Waals surface area (Å²) < 4.78 is 95.6. The van der Waals surface area contributed by atoms with Crippen LogP contribution in [0.4, 0.5) is 0 Å². The van der Waals surface area contributed by atoms with Gasteiger partial charge in [-0.15, -0.1) is 0 Å². The number of carbonyl (C=O) groups is 3. The van der Waals surface area contributed by atoms with E-state index in [0.717, 1.165) is 13.7 Å². The molecule has 352 valence electrons. The molecule has 0 aliphatic carbocycles. The molecule has 0 spiro atoms. The molecule has 0 aromatic carbocycles. The van der Waals surface area contributed by atoms with Gasteiger partial charge in [-0.25, -0.2) is 34.7 Å². The summed E-state index contributed by atoms with van der Waals surface area (Å²) in [5.74, 6) is 2.87. The summed E-state index contributed by atoms with van der Waals surface area (Å²) in [5, 5.41) is 0. The molecule has 0 aliphatic rings. The minimum absolute atomic E-state index is 0. The number of rotatable bonds is 15. The van der Waals surface area contributed by atoms with Crippen molar-refractivity contribution in [3.8, 4) is 0 Å². The molecule has 0 atom stereocenters. The summed E-state index contributed by atoms with van der Waals surface area (Å²) in [5.41, 5.74) is 0.197. The molecule has 0 unspecified atom stereocenters. The molecule has 25 heteroatoms. The van der Waals surface area contributed by atoms with Crippen molar-refractivity contribution in [2.24, 2.45) is 48.1 Å². The van der Waals surface area contributed by atoms with Crippen LogP contribution in [0.5, 0.6) is 0 Å². The number of carbonyl (C=O) groups excluding carboxylic acids is 3. The number of imidazole rings is 3. The van der Waals surface area contributed by atoms with Crippen LogP contribution < -0.4 is 74.6 Å².